The standard InChI is InChI=1S/C37H44O12/c1-19-23-15-26(39)35(6)27(40)16-28-36(18-46-28,49-21(3)38)30(35)31(48-32(42)22-11-8-7-9-12-22)37(44,34(23,4)5)17-25(19)47-33(43)29(41)20(2)24-13-10-14-45-24/h7-14,20,25,27-31,40-41,44H,15-18H2,1-6H3/t20-,25?,27-,28+,29+,30-,31-,35+,36-,37+/m0/s1. The van der Waals surface area contributed by atoms with E-state index in [-0.39, 0.29) is 31.4 Å². The van der Waals surface area contributed by atoms with Crippen LogP contribution >= 0.6 is 0 Å². The van der Waals surface area contributed by atoms with Gasteiger partial charge in [-0.3, -0.25) is 9.59 Å². The second-order valence-corrected chi connectivity index (χ2v) is 14.7. The molecule has 1 saturated heterocycles. The number of fused-ring (bicyclic) bond motifs is 5. The van der Waals surface area contributed by atoms with Gasteiger partial charge in [0, 0.05) is 31.6 Å². The zero-order chi connectivity index (χ0) is 35.7. The van der Waals surface area contributed by atoms with Crippen molar-refractivity contribution in [3.63, 3.8) is 0 Å². The molecule has 1 aliphatic heterocycles. The second kappa shape index (κ2) is 12.2. The minimum atomic E-state index is -2.08. The van der Waals surface area contributed by atoms with Crippen LogP contribution in [0.3, 0.4) is 0 Å². The molecular formula is C37H44O12. The Morgan fingerprint density at radius 3 is 2.33 bits per heavy atom. The molecule has 2 bridgehead atoms. The number of aliphatic hydroxyl groups is 3. The van der Waals surface area contributed by atoms with Gasteiger partial charge in [0.25, 0.3) is 0 Å². The Morgan fingerprint density at radius 2 is 1.73 bits per heavy atom. The lowest BCUT2D eigenvalue weighted by molar-refractivity contribution is -0.344. The summed E-state index contributed by atoms with van der Waals surface area (Å²) in [5.41, 5.74) is -5.47. The average Bonchev–Trinajstić information content (AvgIpc) is 3.60. The normalized spacial score (nSPS) is 36.1. The van der Waals surface area contributed by atoms with Crippen LogP contribution in [0.25, 0.3) is 0 Å². The molecule has 2 saturated carbocycles. The molecule has 1 unspecified atom stereocenters. The molecule has 0 spiro atoms. The van der Waals surface area contributed by atoms with Gasteiger partial charge < -0.3 is 38.7 Å². The van der Waals surface area contributed by atoms with Crippen molar-refractivity contribution >= 4 is 23.7 Å². The van der Waals surface area contributed by atoms with E-state index in [4.69, 9.17) is 23.4 Å². The van der Waals surface area contributed by atoms with E-state index in [9.17, 15) is 34.5 Å². The number of esters is 3. The van der Waals surface area contributed by atoms with Crippen molar-refractivity contribution in [2.75, 3.05) is 6.61 Å². The maximum atomic E-state index is 14.7. The predicted octanol–water partition coefficient (Wildman–Crippen LogP) is 3.42. The van der Waals surface area contributed by atoms with Crippen molar-refractivity contribution in [2.45, 2.75) is 108 Å². The minimum absolute atomic E-state index is 0.0306. The van der Waals surface area contributed by atoms with Crippen molar-refractivity contribution in [1.82, 2.24) is 0 Å². The summed E-state index contributed by atoms with van der Waals surface area (Å²) < 4.78 is 29.5. The Balaban J connectivity index is 1.51. The summed E-state index contributed by atoms with van der Waals surface area (Å²) in [5, 5.41) is 35.9. The Labute approximate surface area is 284 Å². The first-order chi connectivity index (χ1) is 23.0. The second-order valence-electron chi connectivity index (χ2n) is 14.7. The van der Waals surface area contributed by atoms with E-state index in [2.05, 4.69) is 0 Å². The third kappa shape index (κ3) is 5.26. The zero-order valence-electron chi connectivity index (χ0n) is 28.5. The van der Waals surface area contributed by atoms with Crippen LogP contribution in [-0.2, 0) is 33.3 Å². The molecular weight excluding hydrogens is 636 g/mol. The fourth-order valence-corrected chi connectivity index (χ4v) is 8.71. The van der Waals surface area contributed by atoms with Gasteiger partial charge in [0.05, 0.1) is 41.8 Å². The molecule has 2 aromatic rings. The lowest BCUT2D eigenvalue weighted by atomic mass is 9.45. The van der Waals surface area contributed by atoms with Crippen molar-refractivity contribution in [2.24, 2.45) is 16.7 Å². The molecule has 2 heterocycles. The van der Waals surface area contributed by atoms with Crippen LogP contribution in [0.2, 0.25) is 0 Å². The van der Waals surface area contributed by atoms with Crippen LogP contribution in [0.4, 0.5) is 0 Å². The van der Waals surface area contributed by atoms with Crippen LogP contribution in [0.5, 0.6) is 0 Å². The van der Waals surface area contributed by atoms with E-state index < -0.39 is 88.1 Å². The molecule has 6 rings (SSSR count). The van der Waals surface area contributed by atoms with Crippen LogP contribution in [0, 0.1) is 16.7 Å². The van der Waals surface area contributed by atoms with E-state index in [0.29, 0.717) is 16.9 Å². The molecule has 12 nitrogen and oxygen atoms in total. The first-order valence-corrected chi connectivity index (χ1v) is 16.6. The molecule has 1 aromatic carbocycles. The molecule has 12 heteroatoms. The van der Waals surface area contributed by atoms with Crippen LogP contribution in [0.15, 0.2) is 64.3 Å². The third-order valence-electron chi connectivity index (χ3n) is 11.9. The number of hydrogen-bond donors (Lipinski definition) is 3. The van der Waals surface area contributed by atoms with Gasteiger partial charge in [-0.15, -0.1) is 0 Å². The molecule has 1 aromatic heterocycles. The lowest BCUT2D eigenvalue weighted by Gasteiger charge is -2.67. The summed E-state index contributed by atoms with van der Waals surface area (Å²) >= 11 is 0. The summed E-state index contributed by atoms with van der Waals surface area (Å²) in [6.45, 7) is 9.37. The fraction of sp³-hybridized carbons (Fsp3) is 0.568. The number of furan rings is 1. The number of carbonyl (C=O) groups is 4. The SMILES string of the molecule is CC(=O)O[C@@]12CO[C@@H]1C[C@H](O)[C@@]1(C)C(=O)CC3=C(C)C(OC(=O)[C@H](O)[C@@H](C)c4ccco4)C[C@@](O)([C@@H](OC(=O)c4ccccc4)[C@H]21)C3(C)C. The maximum Gasteiger partial charge on any atom is 0.338 e. The first-order valence-electron chi connectivity index (χ1n) is 16.6. The summed E-state index contributed by atoms with van der Waals surface area (Å²) in [5.74, 6) is -4.56. The highest BCUT2D eigenvalue weighted by atomic mass is 16.6. The fourth-order valence-electron chi connectivity index (χ4n) is 8.71. The van der Waals surface area contributed by atoms with Crippen LogP contribution in [0.1, 0.15) is 82.8 Å². The van der Waals surface area contributed by atoms with Gasteiger partial charge in [-0.2, -0.15) is 0 Å². The number of hydrogen-bond acceptors (Lipinski definition) is 12. The Hall–Kier alpha value is -3.84. The summed E-state index contributed by atoms with van der Waals surface area (Å²) in [6, 6.07) is 11.4. The number of carbonyl (C=O) groups excluding carboxylic acids is 4. The van der Waals surface area contributed by atoms with Gasteiger partial charge in [0.1, 0.15) is 35.5 Å². The third-order valence-corrected chi connectivity index (χ3v) is 11.9. The van der Waals surface area contributed by atoms with Crippen molar-refractivity contribution < 1.29 is 57.9 Å². The molecule has 0 radical (unpaired) electrons. The molecule has 4 aliphatic rings. The number of rotatable bonds is 7. The van der Waals surface area contributed by atoms with Gasteiger partial charge in [0.2, 0.25) is 0 Å². The first kappa shape index (κ1) is 35.0. The number of ether oxygens (including phenoxy) is 4. The monoisotopic (exact) mass is 680 g/mol. The molecule has 0 amide bonds. The van der Waals surface area contributed by atoms with Gasteiger partial charge in [0.15, 0.2) is 11.7 Å². The van der Waals surface area contributed by atoms with Gasteiger partial charge in [-0.1, -0.05) is 44.5 Å². The highest BCUT2D eigenvalue weighted by molar-refractivity contribution is 5.91. The number of benzene rings is 1. The largest absolute Gasteiger partial charge is 0.469 e. The average molecular weight is 681 g/mol. The van der Waals surface area contributed by atoms with E-state index in [1.54, 1.807) is 77.1 Å². The quantitative estimate of drug-likeness (QED) is 0.221. The number of ketones is 1. The zero-order valence-corrected chi connectivity index (χ0v) is 28.5. The van der Waals surface area contributed by atoms with Gasteiger partial charge >= 0.3 is 17.9 Å². The minimum Gasteiger partial charge on any atom is -0.469 e. The predicted molar refractivity (Wildman–Crippen MR) is 171 cm³/mol. The molecule has 3 fully saturated rings. The van der Waals surface area contributed by atoms with Crippen molar-refractivity contribution in [1.29, 1.82) is 0 Å². The molecule has 3 aliphatic carbocycles. The van der Waals surface area contributed by atoms with Crippen molar-refractivity contribution in [3.05, 3.63) is 71.2 Å². The molecule has 10 atom stereocenters. The molecule has 264 valence electrons. The van der Waals surface area contributed by atoms with E-state index >= 15 is 0 Å². The smallest absolute Gasteiger partial charge is 0.338 e. The topological polar surface area (TPSA) is 179 Å². The van der Waals surface area contributed by atoms with E-state index in [1.165, 1.54) is 13.2 Å². The highest BCUT2D eigenvalue weighted by Gasteiger charge is 2.77. The van der Waals surface area contributed by atoms with E-state index in [1.807, 2.05) is 0 Å². The van der Waals surface area contributed by atoms with Gasteiger partial charge in [-0.25, -0.2) is 9.59 Å². The lowest BCUT2D eigenvalue weighted by Crippen LogP contribution is -2.80. The van der Waals surface area contributed by atoms with E-state index in [0.717, 1.165) is 0 Å². The van der Waals surface area contributed by atoms with Gasteiger partial charge in [-0.05, 0) is 43.7 Å². The maximum absolute atomic E-state index is 14.7. The Kier molecular flexibility index (Phi) is 8.71. The van der Waals surface area contributed by atoms with Crippen LogP contribution in [-0.4, -0.2) is 87.3 Å². The molecule has 49 heavy (non-hydrogen) atoms. The van der Waals surface area contributed by atoms with Crippen LogP contribution < -0.4 is 0 Å². The number of Topliss-reactive ketones (excluding diaryl/α,β-unsaturated/α-hetero) is 1. The summed E-state index contributed by atoms with van der Waals surface area (Å²) in [6.07, 6.45) is -5.69. The Bertz CT molecular complexity index is 1660. The Morgan fingerprint density at radius 1 is 1.04 bits per heavy atom. The van der Waals surface area contributed by atoms with Crippen molar-refractivity contribution in [3.8, 4) is 0 Å². The summed E-state index contributed by atoms with van der Waals surface area (Å²) in [7, 11) is 0. The number of aliphatic hydroxyl groups excluding tert-OH is 2. The summed E-state index contributed by atoms with van der Waals surface area (Å²) in [4.78, 5) is 54.8. The molecule has 3 N–H and O–H groups in total. The highest BCUT2D eigenvalue weighted by Crippen LogP contribution is 2.64.